The van der Waals surface area contributed by atoms with Crippen molar-refractivity contribution in [3.8, 4) is 0 Å². The first kappa shape index (κ1) is 12.1. The molecule has 0 aliphatic rings. The van der Waals surface area contributed by atoms with E-state index in [2.05, 4.69) is 55.2 Å². The molecule has 1 rings (SSSR count). The van der Waals surface area contributed by atoms with Crippen LogP contribution < -0.4 is 5.32 Å². The van der Waals surface area contributed by atoms with E-state index in [1.165, 1.54) is 17.6 Å². The Labute approximate surface area is 93.0 Å². The molecule has 1 heterocycles. The highest BCUT2D eigenvalue weighted by atomic mass is 14.9. The zero-order chi connectivity index (χ0) is 11.1. The number of hydrogen-bond acceptors (Lipinski definition) is 1. The number of aryl methyl sites for hydroxylation is 1. The number of aromatic nitrogens is 1. The minimum atomic E-state index is 0.959. The molecule has 15 heavy (non-hydrogen) atoms. The molecule has 0 bridgehead atoms. The van der Waals surface area contributed by atoms with Crippen molar-refractivity contribution in [1.29, 1.82) is 0 Å². The van der Waals surface area contributed by atoms with Crippen LogP contribution in [0.2, 0.25) is 0 Å². The summed E-state index contributed by atoms with van der Waals surface area (Å²) in [6.07, 6.45) is 7.78. The molecule has 0 aliphatic heterocycles. The Hall–Kier alpha value is -1.02. The molecule has 1 aromatic heterocycles. The van der Waals surface area contributed by atoms with Gasteiger partial charge in [-0.2, -0.15) is 0 Å². The van der Waals surface area contributed by atoms with Crippen LogP contribution >= 0.6 is 0 Å². The molecule has 0 amide bonds. The van der Waals surface area contributed by atoms with Crippen LogP contribution in [-0.2, 0) is 13.1 Å². The molecule has 0 spiro atoms. The van der Waals surface area contributed by atoms with Crippen molar-refractivity contribution >= 4 is 0 Å². The van der Waals surface area contributed by atoms with Crippen molar-refractivity contribution < 1.29 is 0 Å². The largest absolute Gasteiger partial charge is 0.354 e. The highest BCUT2D eigenvalue weighted by Gasteiger charge is 1.94. The summed E-state index contributed by atoms with van der Waals surface area (Å²) in [5.41, 5.74) is 2.73. The molecule has 1 aromatic rings. The third-order valence-corrected chi connectivity index (χ3v) is 2.28. The minimum Gasteiger partial charge on any atom is -0.354 e. The van der Waals surface area contributed by atoms with Crippen LogP contribution in [0.25, 0.3) is 0 Å². The van der Waals surface area contributed by atoms with Gasteiger partial charge < -0.3 is 9.88 Å². The molecule has 84 valence electrons. The van der Waals surface area contributed by atoms with Crippen molar-refractivity contribution in [2.45, 2.75) is 40.3 Å². The number of rotatable bonds is 6. The summed E-state index contributed by atoms with van der Waals surface area (Å²) in [7, 11) is 0. The number of nitrogens with one attached hydrogen (secondary N) is 1. The lowest BCUT2D eigenvalue weighted by molar-refractivity contribution is 0.677. The van der Waals surface area contributed by atoms with Gasteiger partial charge in [-0.15, -0.1) is 0 Å². The maximum atomic E-state index is 3.40. The normalized spacial score (nSPS) is 10.3. The third-order valence-electron chi connectivity index (χ3n) is 2.28. The van der Waals surface area contributed by atoms with Crippen molar-refractivity contribution in [2.75, 3.05) is 6.54 Å². The van der Waals surface area contributed by atoms with Gasteiger partial charge in [0.15, 0.2) is 0 Å². The Balaban J connectivity index is 2.28. The molecule has 0 unspecified atom stereocenters. The molecular weight excluding hydrogens is 184 g/mol. The Morgan fingerprint density at radius 2 is 2.27 bits per heavy atom. The highest BCUT2D eigenvalue weighted by molar-refractivity contribution is 5.10. The van der Waals surface area contributed by atoms with Gasteiger partial charge in [0.05, 0.1) is 0 Å². The fraction of sp³-hybridized carbons (Fsp3) is 0.538. The smallest absolute Gasteiger partial charge is 0.0223 e. The van der Waals surface area contributed by atoms with Gasteiger partial charge in [-0.25, -0.2) is 0 Å². The second-order valence-electron chi connectivity index (χ2n) is 4.17. The van der Waals surface area contributed by atoms with Gasteiger partial charge >= 0.3 is 0 Å². The topological polar surface area (TPSA) is 17.0 Å². The quantitative estimate of drug-likeness (QED) is 0.559. The predicted molar refractivity (Wildman–Crippen MR) is 65.9 cm³/mol. The Morgan fingerprint density at radius 1 is 1.47 bits per heavy atom. The number of nitrogens with zero attached hydrogens (tertiary/aromatic N) is 1. The Bertz CT molecular complexity index is 306. The molecule has 0 radical (unpaired) electrons. The van der Waals surface area contributed by atoms with E-state index < -0.39 is 0 Å². The summed E-state index contributed by atoms with van der Waals surface area (Å²) in [4.78, 5) is 0. The summed E-state index contributed by atoms with van der Waals surface area (Å²) in [5, 5.41) is 3.40. The highest BCUT2D eigenvalue weighted by Crippen LogP contribution is 2.01. The van der Waals surface area contributed by atoms with Gasteiger partial charge in [-0.05, 0) is 31.9 Å². The molecule has 0 atom stereocenters. The number of allylic oxidation sites excluding steroid dienone is 1. The van der Waals surface area contributed by atoms with E-state index in [0.717, 1.165) is 19.6 Å². The van der Waals surface area contributed by atoms with Gasteiger partial charge in [0, 0.05) is 32.0 Å². The SMILES string of the molecule is CCCn1ccc(CNCC=C(C)C)c1. The first-order valence-corrected chi connectivity index (χ1v) is 5.71. The molecule has 0 saturated heterocycles. The van der Waals surface area contributed by atoms with E-state index in [-0.39, 0.29) is 0 Å². The van der Waals surface area contributed by atoms with Crippen LogP contribution in [-0.4, -0.2) is 11.1 Å². The molecule has 0 fully saturated rings. The summed E-state index contributed by atoms with van der Waals surface area (Å²) >= 11 is 0. The standard InChI is InChI=1S/C13H22N2/c1-4-8-15-9-6-13(11-15)10-14-7-5-12(2)3/h5-6,9,11,14H,4,7-8,10H2,1-3H3. The van der Waals surface area contributed by atoms with E-state index in [4.69, 9.17) is 0 Å². The van der Waals surface area contributed by atoms with E-state index in [9.17, 15) is 0 Å². The van der Waals surface area contributed by atoms with Crippen LogP contribution in [0.1, 0.15) is 32.8 Å². The van der Waals surface area contributed by atoms with Crippen LogP contribution in [0.3, 0.4) is 0 Å². The molecule has 0 aliphatic carbocycles. The van der Waals surface area contributed by atoms with Crippen LogP contribution in [0, 0.1) is 0 Å². The molecule has 2 heteroatoms. The molecule has 0 saturated carbocycles. The van der Waals surface area contributed by atoms with Crippen LogP contribution in [0.4, 0.5) is 0 Å². The van der Waals surface area contributed by atoms with Gasteiger partial charge in [0.1, 0.15) is 0 Å². The van der Waals surface area contributed by atoms with Crippen molar-refractivity contribution in [3.05, 3.63) is 35.7 Å². The lowest BCUT2D eigenvalue weighted by Crippen LogP contribution is -2.12. The van der Waals surface area contributed by atoms with Gasteiger partial charge in [-0.3, -0.25) is 0 Å². The summed E-state index contributed by atoms with van der Waals surface area (Å²) in [6, 6.07) is 2.19. The Kier molecular flexibility index (Phi) is 5.19. The lowest BCUT2D eigenvalue weighted by atomic mass is 10.3. The van der Waals surface area contributed by atoms with E-state index >= 15 is 0 Å². The zero-order valence-electron chi connectivity index (χ0n) is 10.1. The van der Waals surface area contributed by atoms with Crippen LogP contribution in [0.15, 0.2) is 30.1 Å². The summed E-state index contributed by atoms with van der Waals surface area (Å²) in [5.74, 6) is 0. The third kappa shape index (κ3) is 4.84. The first-order valence-electron chi connectivity index (χ1n) is 5.71. The monoisotopic (exact) mass is 206 g/mol. The molecular formula is C13H22N2. The zero-order valence-corrected chi connectivity index (χ0v) is 10.1. The van der Waals surface area contributed by atoms with Crippen molar-refractivity contribution in [2.24, 2.45) is 0 Å². The van der Waals surface area contributed by atoms with Crippen LogP contribution in [0.5, 0.6) is 0 Å². The summed E-state index contributed by atoms with van der Waals surface area (Å²) < 4.78 is 2.25. The summed E-state index contributed by atoms with van der Waals surface area (Å²) in [6.45, 7) is 9.49. The molecule has 2 nitrogen and oxygen atoms in total. The maximum Gasteiger partial charge on any atom is 0.0223 e. The van der Waals surface area contributed by atoms with Gasteiger partial charge in [0.25, 0.3) is 0 Å². The Morgan fingerprint density at radius 3 is 2.93 bits per heavy atom. The van der Waals surface area contributed by atoms with Gasteiger partial charge in [-0.1, -0.05) is 18.6 Å². The van der Waals surface area contributed by atoms with E-state index in [0.29, 0.717) is 0 Å². The number of hydrogen-bond donors (Lipinski definition) is 1. The fourth-order valence-electron chi connectivity index (χ4n) is 1.49. The predicted octanol–water partition coefficient (Wildman–Crippen LogP) is 2.95. The first-order chi connectivity index (χ1) is 7.22. The second-order valence-corrected chi connectivity index (χ2v) is 4.17. The molecule has 1 N–H and O–H groups in total. The van der Waals surface area contributed by atoms with Gasteiger partial charge in [0.2, 0.25) is 0 Å². The van der Waals surface area contributed by atoms with Crippen molar-refractivity contribution in [3.63, 3.8) is 0 Å². The average molecular weight is 206 g/mol. The molecule has 0 aromatic carbocycles. The van der Waals surface area contributed by atoms with E-state index in [1.807, 2.05) is 0 Å². The average Bonchev–Trinajstić information content (AvgIpc) is 2.61. The van der Waals surface area contributed by atoms with E-state index in [1.54, 1.807) is 0 Å². The minimum absolute atomic E-state index is 0.959. The second kappa shape index (κ2) is 6.46. The maximum absolute atomic E-state index is 3.40. The van der Waals surface area contributed by atoms with Crippen molar-refractivity contribution in [1.82, 2.24) is 9.88 Å². The lowest BCUT2D eigenvalue weighted by Gasteiger charge is -2.00. The fourth-order valence-corrected chi connectivity index (χ4v) is 1.49.